The number of fused-ring (bicyclic) bond motifs is 3. The number of rotatable bonds is 4. The highest BCUT2D eigenvalue weighted by Crippen LogP contribution is 2.35. The maximum atomic E-state index is 12.9. The van der Waals surface area contributed by atoms with Gasteiger partial charge in [-0.1, -0.05) is 6.07 Å². The molecule has 0 atom stereocenters. The molecule has 0 unspecified atom stereocenters. The summed E-state index contributed by atoms with van der Waals surface area (Å²) in [6, 6.07) is 16.5. The van der Waals surface area contributed by atoms with Gasteiger partial charge in [0, 0.05) is 29.8 Å². The van der Waals surface area contributed by atoms with Crippen molar-refractivity contribution in [3.63, 3.8) is 0 Å². The number of sulfone groups is 1. The summed E-state index contributed by atoms with van der Waals surface area (Å²) < 4.78 is 36.2. The molecule has 2 aromatic carbocycles. The number of nitrogens with zero attached hydrogens (tertiary/aromatic N) is 3. The summed E-state index contributed by atoms with van der Waals surface area (Å²) >= 11 is 0. The van der Waals surface area contributed by atoms with E-state index < -0.39 is 9.84 Å². The van der Waals surface area contributed by atoms with Gasteiger partial charge in [0.2, 0.25) is 0 Å². The highest BCUT2D eigenvalue weighted by Gasteiger charge is 2.24. The van der Waals surface area contributed by atoms with Crippen molar-refractivity contribution in [2.75, 3.05) is 37.5 Å². The highest BCUT2D eigenvalue weighted by atomic mass is 32.2. The van der Waals surface area contributed by atoms with Crippen LogP contribution in [0.15, 0.2) is 65.7 Å². The lowest BCUT2D eigenvalue weighted by molar-refractivity contribution is 0.0950. The molecule has 0 saturated heterocycles. The van der Waals surface area contributed by atoms with Gasteiger partial charge in [-0.15, -0.1) is 0 Å². The quantitative estimate of drug-likeness (QED) is 0.428. The van der Waals surface area contributed by atoms with Crippen LogP contribution in [0.5, 0.6) is 5.75 Å². The molecule has 2 aliphatic heterocycles. The zero-order valence-corrected chi connectivity index (χ0v) is 21.6. The molecular weight excluding hydrogens is 504 g/mol. The van der Waals surface area contributed by atoms with Crippen molar-refractivity contribution in [2.24, 2.45) is 0 Å². The lowest BCUT2D eigenvalue weighted by Gasteiger charge is -2.28. The molecule has 38 heavy (non-hydrogen) atoms. The van der Waals surface area contributed by atoms with Gasteiger partial charge < -0.3 is 19.7 Å². The van der Waals surface area contributed by atoms with Crippen molar-refractivity contribution in [1.82, 2.24) is 15.3 Å². The predicted octanol–water partition coefficient (Wildman–Crippen LogP) is 3.36. The minimum absolute atomic E-state index is 0.100. The maximum Gasteiger partial charge on any atom is 0.251 e. The van der Waals surface area contributed by atoms with Crippen LogP contribution < -0.4 is 15.0 Å². The zero-order valence-electron chi connectivity index (χ0n) is 20.8. The fourth-order valence-electron chi connectivity index (χ4n) is 4.66. The summed E-state index contributed by atoms with van der Waals surface area (Å²) in [4.78, 5) is 24.5. The number of benzene rings is 2. The zero-order chi connectivity index (χ0) is 26.3. The Bertz CT molecular complexity index is 1670. The molecule has 0 bridgehead atoms. The topological polar surface area (TPSA) is 111 Å². The molecule has 0 aliphatic carbocycles. The van der Waals surface area contributed by atoms with Gasteiger partial charge in [-0.25, -0.2) is 13.4 Å². The van der Waals surface area contributed by atoms with Gasteiger partial charge in [0.1, 0.15) is 12.4 Å². The molecule has 1 amide bonds. The van der Waals surface area contributed by atoms with Crippen LogP contribution in [0, 0.1) is 0 Å². The molecule has 4 aromatic rings. The first kappa shape index (κ1) is 24.3. The summed E-state index contributed by atoms with van der Waals surface area (Å²) in [5.74, 6) is 0.389. The first-order chi connectivity index (χ1) is 18.4. The number of hydrogen-bond donors (Lipinski definition) is 1. The fraction of sp³-hybridized carbons (Fsp3) is 0.250. The van der Waals surface area contributed by atoms with Crippen molar-refractivity contribution in [2.45, 2.75) is 18.0 Å². The number of ether oxygens (including phenoxy) is 2. The van der Waals surface area contributed by atoms with E-state index in [1.807, 2.05) is 37.4 Å². The van der Waals surface area contributed by atoms with Crippen molar-refractivity contribution >= 4 is 32.3 Å². The number of amides is 1. The van der Waals surface area contributed by atoms with Gasteiger partial charge in [0.05, 0.1) is 59.5 Å². The van der Waals surface area contributed by atoms with Crippen molar-refractivity contribution in [3.8, 4) is 17.0 Å². The third kappa shape index (κ3) is 4.68. The number of anilines is 1. The van der Waals surface area contributed by atoms with Gasteiger partial charge in [0.25, 0.3) is 5.91 Å². The SMILES string of the molecule is CN1CCOc2ccc(-c3ccc4cnc(CNC(=O)c5ccc6c(c5)S(=O)(=O)CCOC6)cc4n3)cc21. The molecule has 194 valence electrons. The molecule has 1 N–H and O–H groups in total. The second-order valence-corrected chi connectivity index (χ2v) is 11.5. The molecule has 0 fully saturated rings. The second kappa shape index (κ2) is 9.70. The van der Waals surface area contributed by atoms with E-state index in [1.165, 1.54) is 6.07 Å². The van der Waals surface area contributed by atoms with Crippen LogP contribution >= 0.6 is 0 Å². The van der Waals surface area contributed by atoms with Gasteiger partial charge in [0.15, 0.2) is 9.84 Å². The highest BCUT2D eigenvalue weighted by molar-refractivity contribution is 7.91. The molecule has 2 aliphatic rings. The lowest BCUT2D eigenvalue weighted by atomic mass is 10.1. The molecule has 9 nitrogen and oxygen atoms in total. The lowest BCUT2D eigenvalue weighted by Crippen LogP contribution is -2.28. The predicted molar refractivity (Wildman–Crippen MR) is 143 cm³/mol. The van der Waals surface area contributed by atoms with E-state index >= 15 is 0 Å². The van der Waals surface area contributed by atoms with E-state index in [9.17, 15) is 13.2 Å². The number of carbonyl (C=O) groups excluding carboxylic acids is 1. The normalized spacial score (nSPS) is 16.2. The van der Waals surface area contributed by atoms with Crippen LogP contribution in [0.3, 0.4) is 0 Å². The maximum absolute atomic E-state index is 12.9. The average Bonchev–Trinajstić information content (AvgIpc) is 3.08. The second-order valence-electron chi connectivity index (χ2n) is 9.39. The van der Waals surface area contributed by atoms with Gasteiger partial charge in [-0.2, -0.15) is 0 Å². The summed E-state index contributed by atoms with van der Waals surface area (Å²) in [5.41, 5.74) is 5.10. The first-order valence-electron chi connectivity index (χ1n) is 12.3. The molecule has 10 heteroatoms. The monoisotopic (exact) mass is 530 g/mol. The Hall–Kier alpha value is -4.02. The number of carbonyl (C=O) groups is 1. The molecule has 0 radical (unpaired) electrons. The van der Waals surface area contributed by atoms with Crippen LogP contribution in [-0.2, 0) is 27.7 Å². The fourth-order valence-corrected chi connectivity index (χ4v) is 6.05. The van der Waals surface area contributed by atoms with Crippen LogP contribution in [-0.4, -0.2) is 56.9 Å². The minimum atomic E-state index is -3.50. The summed E-state index contributed by atoms with van der Waals surface area (Å²) in [6.45, 7) is 2.03. The van der Waals surface area contributed by atoms with Gasteiger partial charge >= 0.3 is 0 Å². The average molecular weight is 531 g/mol. The third-order valence-electron chi connectivity index (χ3n) is 6.83. The molecule has 2 aromatic heterocycles. The van der Waals surface area contributed by atoms with Crippen molar-refractivity contribution < 1.29 is 22.7 Å². The number of aromatic nitrogens is 2. The van der Waals surface area contributed by atoms with Gasteiger partial charge in [-0.05, 0) is 54.1 Å². The van der Waals surface area contributed by atoms with Crippen LogP contribution in [0.2, 0.25) is 0 Å². The Morgan fingerprint density at radius 3 is 2.87 bits per heavy atom. The summed E-state index contributed by atoms with van der Waals surface area (Å²) in [6.07, 6.45) is 1.73. The Kier molecular flexibility index (Phi) is 6.21. The van der Waals surface area contributed by atoms with E-state index in [2.05, 4.69) is 21.3 Å². The Balaban J connectivity index is 1.22. The minimum Gasteiger partial charge on any atom is -0.490 e. The number of likely N-dealkylation sites (N-methyl/N-ethyl adjacent to an activating group) is 1. The molecule has 4 heterocycles. The third-order valence-corrected chi connectivity index (χ3v) is 8.58. The molecular formula is C28H26N4O5S. The van der Waals surface area contributed by atoms with E-state index in [0.717, 1.165) is 40.1 Å². The van der Waals surface area contributed by atoms with Crippen LogP contribution in [0.25, 0.3) is 22.2 Å². The smallest absolute Gasteiger partial charge is 0.251 e. The van der Waals surface area contributed by atoms with E-state index in [0.29, 0.717) is 17.9 Å². The largest absolute Gasteiger partial charge is 0.490 e. The first-order valence-corrected chi connectivity index (χ1v) is 14.0. The molecule has 6 rings (SSSR count). The van der Waals surface area contributed by atoms with Crippen molar-refractivity contribution in [3.05, 3.63) is 77.6 Å². The Morgan fingerprint density at radius 1 is 1.08 bits per heavy atom. The van der Waals surface area contributed by atoms with Crippen LogP contribution in [0.4, 0.5) is 5.69 Å². The summed E-state index contributed by atoms with van der Waals surface area (Å²) in [5, 5.41) is 3.73. The van der Waals surface area contributed by atoms with Gasteiger partial charge in [-0.3, -0.25) is 9.78 Å². The Labute approximate surface area is 220 Å². The molecule has 0 spiro atoms. The molecule has 0 saturated carbocycles. The van der Waals surface area contributed by atoms with Crippen LogP contribution in [0.1, 0.15) is 21.6 Å². The number of nitrogens with one attached hydrogen (secondary N) is 1. The Morgan fingerprint density at radius 2 is 1.97 bits per heavy atom. The summed E-state index contributed by atoms with van der Waals surface area (Å²) in [7, 11) is -1.45. The van der Waals surface area contributed by atoms with E-state index in [1.54, 1.807) is 18.3 Å². The standard InChI is InChI=1S/C28H26N4O5S/c1-32-8-9-37-26-7-5-18(12-25(26)32)23-6-4-20-15-29-22(14-24(20)31-23)16-30-28(33)19-2-3-21-17-36-10-11-38(34,35)27(21)13-19/h2-7,12-15H,8-11,16-17H2,1H3,(H,30,33). The van der Waals surface area contributed by atoms with Crippen molar-refractivity contribution in [1.29, 1.82) is 0 Å². The van der Waals surface area contributed by atoms with E-state index in [-0.39, 0.29) is 41.9 Å². The number of hydrogen-bond acceptors (Lipinski definition) is 8. The number of pyridine rings is 2. The van der Waals surface area contributed by atoms with E-state index in [4.69, 9.17) is 14.5 Å².